The normalized spacial score (nSPS) is 48.5. The summed E-state index contributed by atoms with van der Waals surface area (Å²) < 4.78 is 16.7. The van der Waals surface area contributed by atoms with Crippen LogP contribution >= 0.6 is 0 Å². The van der Waals surface area contributed by atoms with Crippen molar-refractivity contribution in [2.45, 2.75) is 107 Å². The van der Waals surface area contributed by atoms with Crippen LogP contribution in [-0.2, 0) is 14.3 Å². The zero-order chi connectivity index (χ0) is 28.4. The molecule has 0 radical (unpaired) electrons. The number of carbonyl (C=O) groups is 1. The van der Waals surface area contributed by atoms with E-state index in [1.165, 1.54) is 12.3 Å². The van der Waals surface area contributed by atoms with Gasteiger partial charge in [0.25, 0.3) is 0 Å². The second-order valence-corrected chi connectivity index (χ2v) is 12.9. The molecular weight excluding hydrogens is 520 g/mol. The first kappa shape index (κ1) is 28.2. The van der Waals surface area contributed by atoms with E-state index in [1.54, 1.807) is 0 Å². The first-order valence-electron chi connectivity index (χ1n) is 14.5. The molecule has 0 bridgehead atoms. The van der Waals surface area contributed by atoms with Gasteiger partial charge in [-0.3, -0.25) is 0 Å². The summed E-state index contributed by atoms with van der Waals surface area (Å²) in [6.45, 7) is 1.62. The molecule has 12 atom stereocenters. The van der Waals surface area contributed by atoms with Crippen molar-refractivity contribution in [3.8, 4) is 0 Å². The van der Waals surface area contributed by atoms with Gasteiger partial charge in [-0.1, -0.05) is 18.6 Å². The number of aldehydes is 1. The van der Waals surface area contributed by atoms with Crippen molar-refractivity contribution < 1.29 is 44.2 Å². The second-order valence-electron chi connectivity index (χ2n) is 12.9. The summed E-state index contributed by atoms with van der Waals surface area (Å²) in [5.74, 6) is 0.00979. The van der Waals surface area contributed by atoms with E-state index in [9.17, 15) is 35.1 Å². The average Bonchev–Trinajstić information content (AvgIpc) is 3.24. The predicted octanol–water partition coefficient (Wildman–Crippen LogP) is 1.17. The molecule has 40 heavy (non-hydrogen) atoms. The second kappa shape index (κ2) is 10.1. The maximum atomic E-state index is 12.9. The molecular formula is C30H40O10. The van der Waals surface area contributed by atoms with Crippen LogP contribution in [0.5, 0.6) is 0 Å². The first-order valence-corrected chi connectivity index (χ1v) is 14.5. The zero-order valence-electron chi connectivity index (χ0n) is 22.7. The summed E-state index contributed by atoms with van der Waals surface area (Å²) in [5.41, 5.74) is -0.520. The van der Waals surface area contributed by atoms with Gasteiger partial charge in [-0.15, -0.1) is 0 Å². The molecule has 1 aromatic rings. The van der Waals surface area contributed by atoms with Gasteiger partial charge in [0, 0.05) is 11.5 Å². The Balaban J connectivity index is 1.23. The Morgan fingerprint density at radius 1 is 1.02 bits per heavy atom. The van der Waals surface area contributed by atoms with Crippen molar-refractivity contribution in [1.82, 2.24) is 0 Å². The van der Waals surface area contributed by atoms with Crippen molar-refractivity contribution >= 4 is 6.29 Å². The molecule has 4 aliphatic carbocycles. The Hall–Kier alpha value is -1.92. The van der Waals surface area contributed by atoms with Crippen LogP contribution in [0.4, 0.5) is 0 Å². The lowest BCUT2D eigenvalue weighted by Crippen LogP contribution is -2.61. The molecule has 6 rings (SSSR count). The minimum Gasteiger partial charge on any atom is -0.431 e. The van der Waals surface area contributed by atoms with Crippen molar-refractivity contribution in [2.75, 3.05) is 6.61 Å². The smallest absolute Gasteiger partial charge is 0.335 e. The predicted molar refractivity (Wildman–Crippen MR) is 140 cm³/mol. The molecule has 3 saturated carbocycles. The molecule has 220 valence electrons. The van der Waals surface area contributed by atoms with Crippen molar-refractivity contribution in [3.63, 3.8) is 0 Å². The standard InChI is InChI=1S/C30H40O10/c1-28-9-7-20-21(30(28,37)11-8-19(28)16-2-5-23(33)38-14-16)4-3-17-12-18(6-10-29(17,20)15-32)39-27-26(36)25(35)24(34)22(13-31)40-27/h2,5,12,14-15,18-22,24-27,31,34-37H,3-4,6-11,13H2,1H3/t18-,19+,20-,21+,22?,24+,25?,26?,27+,28+,29+,30-/m0/s1. The molecule has 4 fully saturated rings. The lowest BCUT2D eigenvalue weighted by atomic mass is 9.45. The van der Waals surface area contributed by atoms with Gasteiger partial charge in [-0.25, -0.2) is 4.79 Å². The monoisotopic (exact) mass is 560 g/mol. The van der Waals surface area contributed by atoms with Crippen LogP contribution in [0.15, 0.2) is 39.3 Å². The summed E-state index contributed by atoms with van der Waals surface area (Å²) in [6.07, 6.45) is 2.69. The van der Waals surface area contributed by atoms with Gasteiger partial charge in [0.05, 0.1) is 30.0 Å². The summed E-state index contributed by atoms with van der Waals surface area (Å²) in [5, 5.41) is 52.5. The number of fused-ring (bicyclic) bond motifs is 5. The minimum atomic E-state index is -1.52. The van der Waals surface area contributed by atoms with Gasteiger partial charge in [-0.05, 0) is 80.8 Å². The van der Waals surface area contributed by atoms with Gasteiger partial charge in [0.15, 0.2) is 6.29 Å². The number of allylic oxidation sites excluding steroid dienone is 1. The molecule has 5 N–H and O–H groups in total. The van der Waals surface area contributed by atoms with Crippen LogP contribution < -0.4 is 5.63 Å². The highest BCUT2D eigenvalue weighted by molar-refractivity contribution is 5.67. The quantitative estimate of drug-likeness (QED) is 0.260. The van der Waals surface area contributed by atoms with Crippen LogP contribution in [0, 0.1) is 22.7 Å². The average molecular weight is 561 g/mol. The van der Waals surface area contributed by atoms with E-state index in [0.717, 1.165) is 43.1 Å². The van der Waals surface area contributed by atoms with Crippen molar-refractivity contribution in [2.24, 2.45) is 22.7 Å². The number of aliphatic hydroxyl groups is 5. The maximum Gasteiger partial charge on any atom is 0.335 e. The zero-order valence-corrected chi connectivity index (χ0v) is 22.7. The Kier molecular flexibility index (Phi) is 7.13. The number of hydrogen-bond donors (Lipinski definition) is 5. The summed E-state index contributed by atoms with van der Waals surface area (Å²) in [6, 6.07) is 3.25. The Morgan fingerprint density at radius 2 is 1.82 bits per heavy atom. The van der Waals surface area contributed by atoms with Gasteiger partial charge < -0.3 is 44.2 Å². The van der Waals surface area contributed by atoms with Crippen molar-refractivity contribution in [1.29, 1.82) is 0 Å². The molecule has 3 unspecified atom stereocenters. The molecule has 10 nitrogen and oxygen atoms in total. The van der Waals surface area contributed by atoms with E-state index in [-0.39, 0.29) is 17.8 Å². The van der Waals surface area contributed by atoms with E-state index in [2.05, 4.69) is 6.92 Å². The lowest BCUT2D eigenvalue weighted by Gasteiger charge is -2.61. The third-order valence-electron chi connectivity index (χ3n) is 11.4. The van der Waals surface area contributed by atoms with E-state index in [1.807, 2.05) is 12.1 Å². The number of ether oxygens (including phenoxy) is 2. The van der Waals surface area contributed by atoms with Gasteiger partial charge in [0.1, 0.15) is 30.7 Å². The number of hydrogen-bond acceptors (Lipinski definition) is 10. The fraction of sp³-hybridized carbons (Fsp3) is 0.733. The highest BCUT2D eigenvalue weighted by Crippen LogP contribution is 2.69. The van der Waals surface area contributed by atoms with Gasteiger partial charge in [0.2, 0.25) is 0 Å². The molecule has 1 aromatic heterocycles. The fourth-order valence-electron chi connectivity index (χ4n) is 9.15. The van der Waals surface area contributed by atoms with E-state index < -0.39 is 65.5 Å². The van der Waals surface area contributed by atoms with E-state index in [4.69, 9.17) is 13.9 Å². The number of rotatable bonds is 5. The third-order valence-corrected chi connectivity index (χ3v) is 11.4. The van der Waals surface area contributed by atoms with Crippen LogP contribution in [0.1, 0.15) is 69.8 Å². The fourth-order valence-corrected chi connectivity index (χ4v) is 9.15. The summed E-state index contributed by atoms with van der Waals surface area (Å²) in [7, 11) is 0. The Morgan fingerprint density at radius 3 is 2.52 bits per heavy atom. The van der Waals surface area contributed by atoms with Gasteiger partial charge in [-0.2, -0.15) is 0 Å². The third kappa shape index (κ3) is 4.02. The van der Waals surface area contributed by atoms with E-state index in [0.29, 0.717) is 25.7 Å². The first-order chi connectivity index (χ1) is 19.1. The Bertz CT molecular complexity index is 1190. The minimum absolute atomic E-state index is 0.0104. The molecule has 0 amide bonds. The molecule has 5 aliphatic rings. The van der Waals surface area contributed by atoms with Gasteiger partial charge >= 0.3 is 5.63 Å². The highest BCUT2D eigenvalue weighted by atomic mass is 16.7. The topological polar surface area (TPSA) is 167 Å². The van der Waals surface area contributed by atoms with Crippen molar-refractivity contribution in [3.05, 3.63) is 46.0 Å². The summed E-state index contributed by atoms with van der Waals surface area (Å²) >= 11 is 0. The molecule has 1 saturated heterocycles. The SMILES string of the molecule is C[C@]12CC[C@H]3[C@@H](CCC4=C[C@@H](O[C@@H]5OC(CO)[C@@H](O)C(O)C5O)CC[C@@]43C=O)[C@@]1(O)CC[C@@H]2c1ccc(=O)oc1. The van der Waals surface area contributed by atoms with Crippen LogP contribution in [0.2, 0.25) is 0 Å². The highest BCUT2D eigenvalue weighted by Gasteiger charge is 2.67. The van der Waals surface area contributed by atoms with E-state index >= 15 is 0 Å². The van der Waals surface area contributed by atoms with Crippen LogP contribution in [0.25, 0.3) is 0 Å². The van der Waals surface area contributed by atoms with Crippen LogP contribution in [-0.4, -0.2) is 80.8 Å². The molecule has 10 heteroatoms. The van der Waals surface area contributed by atoms with Crippen LogP contribution in [0.3, 0.4) is 0 Å². The summed E-state index contributed by atoms with van der Waals surface area (Å²) in [4.78, 5) is 24.5. The molecule has 2 heterocycles. The number of aliphatic hydroxyl groups excluding tert-OH is 4. The number of carbonyl (C=O) groups excluding carboxylic acids is 1. The largest absolute Gasteiger partial charge is 0.431 e. The lowest BCUT2D eigenvalue weighted by molar-refractivity contribution is -0.308. The Labute approximate surface area is 232 Å². The molecule has 0 spiro atoms. The maximum absolute atomic E-state index is 12.9. The molecule has 1 aliphatic heterocycles. The molecule has 0 aromatic carbocycles.